The molecule has 4 heteroatoms. The Balaban J connectivity index is 1.92. The van der Waals surface area contributed by atoms with Crippen molar-refractivity contribution in [2.75, 3.05) is 4.90 Å². The molecule has 0 unspecified atom stereocenters. The summed E-state index contributed by atoms with van der Waals surface area (Å²) in [5.74, 6) is -0.879. The molecule has 2 fully saturated rings. The average Bonchev–Trinajstić information content (AvgIpc) is 2.83. The van der Waals surface area contributed by atoms with Gasteiger partial charge in [-0.15, -0.1) is 0 Å². The van der Waals surface area contributed by atoms with Gasteiger partial charge in [0.25, 0.3) is 0 Å². The molecule has 116 valence electrons. The Morgan fingerprint density at radius 2 is 1.91 bits per heavy atom. The number of rotatable bonds is 3. The predicted octanol–water partition coefficient (Wildman–Crippen LogP) is 3.02. The van der Waals surface area contributed by atoms with Crippen molar-refractivity contribution >= 4 is 23.8 Å². The fraction of sp³-hybridized carbons (Fsp3) is 0.500. The lowest BCUT2D eigenvalue weighted by molar-refractivity contribution is -0.132. The highest BCUT2D eigenvalue weighted by atomic mass is 16.2. The Bertz CT molecular complexity index is 617. The summed E-state index contributed by atoms with van der Waals surface area (Å²) >= 11 is 0. The van der Waals surface area contributed by atoms with Crippen LogP contribution in [-0.2, 0) is 14.4 Å². The molecule has 0 spiro atoms. The second-order valence-corrected chi connectivity index (χ2v) is 6.57. The van der Waals surface area contributed by atoms with Crippen LogP contribution >= 0.6 is 0 Å². The highest BCUT2D eigenvalue weighted by Crippen LogP contribution is 2.46. The molecule has 1 aromatic rings. The molecule has 3 rings (SSSR count). The van der Waals surface area contributed by atoms with Crippen LogP contribution in [0.3, 0.4) is 0 Å². The smallest absolute Gasteiger partial charge is 0.238 e. The van der Waals surface area contributed by atoms with Crippen molar-refractivity contribution in [3.05, 3.63) is 29.8 Å². The molecule has 0 N–H and O–H groups in total. The Kier molecular flexibility index (Phi) is 3.85. The summed E-state index contributed by atoms with van der Waals surface area (Å²) in [5.41, 5.74) is 0.988. The van der Waals surface area contributed by atoms with Gasteiger partial charge in [0.2, 0.25) is 11.8 Å². The van der Waals surface area contributed by atoms with Crippen LogP contribution in [0, 0.1) is 18.3 Å². The zero-order valence-corrected chi connectivity index (χ0v) is 12.9. The molecule has 1 atom stereocenters. The number of benzene rings is 1. The topological polar surface area (TPSA) is 54.5 Å². The molecule has 22 heavy (non-hydrogen) atoms. The zero-order chi connectivity index (χ0) is 15.7. The van der Waals surface area contributed by atoms with E-state index in [9.17, 15) is 14.4 Å². The van der Waals surface area contributed by atoms with E-state index in [-0.39, 0.29) is 18.2 Å². The molecule has 1 heterocycles. The minimum Gasteiger partial charge on any atom is -0.303 e. The maximum absolute atomic E-state index is 12.8. The van der Waals surface area contributed by atoms with E-state index in [4.69, 9.17) is 0 Å². The number of carbonyl (C=O) groups excluding carboxylic acids is 3. The van der Waals surface area contributed by atoms with Crippen LogP contribution in [0.5, 0.6) is 0 Å². The van der Waals surface area contributed by atoms with Gasteiger partial charge in [-0.3, -0.25) is 14.5 Å². The molecule has 0 radical (unpaired) electrons. The first-order valence-electron chi connectivity index (χ1n) is 7.97. The summed E-state index contributed by atoms with van der Waals surface area (Å²) in [4.78, 5) is 38.2. The first-order chi connectivity index (χ1) is 10.6. The number of hydrogen-bond donors (Lipinski definition) is 0. The summed E-state index contributed by atoms with van der Waals surface area (Å²) in [7, 11) is 0. The van der Waals surface area contributed by atoms with Crippen molar-refractivity contribution in [3.8, 4) is 0 Å². The Hall–Kier alpha value is -1.97. The van der Waals surface area contributed by atoms with E-state index < -0.39 is 11.3 Å². The van der Waals surface area contributed by atoms with Crippen molar-refractivity contribution in [3.63, 3.8) is 0 Å². The second kappa shape index (κ2) is 5.67. The van der Waals surface area contributed by atoms with E-state index in [1.165, 1.54) is 4.90 Å². The third-order valence-corrected chi connectivity index (χ3v) is 5.12. The third-order valence-electron chi connectivity index (χ3n) is 5.12. The van der Waals surface area contributed by atoms with Crippen molar-refractivity contribution in [2.24, 2.45) is 11.3 Å². The third kappa shape index (κ3) is 2.36. The normalized spacial score (nSPS) is 24.6. The molecule has 1 saturated heterocycles. The first kappa shape index (κ1) is 14.9. The van der Waals surface area contributed by atoms with Gasteiger partial charge < -0.3 is 4.79 Å². The van der Waals surface area contributed by atoms with E-state index in [2.05, 4.69) is 0 Å². The van der Waals surface area contributed by atoms with Gasteiger partial charge in [0.05, 0.1) is 11.6 Å². The van der Waals surface area contributed by atoms with E-state index in [1.54, 1.807) is 6.07 Å². The second-order valence-electron chi connectivity index (χ2n) is 6.57. The van der Waals surface area contributed by atoms with E-state index in [0.29, 0.717) is 5.69 Å². The van der Waals surface area contributed by atoms with Crippen LogP contribution in [0.2, 0.25) is 0 Å². The monoisotopic (exact) mass is 299 g/mol. The van der Waals surface area contributed by atoms with Gasteiger partial charge in [-0.05, 0) is 37.5 Å². The van der Waals surface area contributed by atoms with Crippen LogP contribution in [0.25, 0.3) is 0 Å². The summed E-state index contributed by atoms with van der Waals surface area (Å²) in [5, 5.41) is 0. The molecule has 4 nitrogen and oxygen atoms in total. The van der Waals surface area contributed by atoms with Crippen molar-refractivity contribution in [2.45, 2.75) is 45.4 Å². The van der Waals surface area contributed by atoms with E-state index in [1.807, 2.05) is 25.1 Å². The zero-order valence-electron chi connectivity index (χ0n) is 12.9. The molecule has 1 aliphatic carbocycles. The van der Waals surface area contributed by atoms with Gasteiger partial charge in [-0.1, -0.05) is 31.4 Å². The van der Waals surface area contributed by atoms with Gasteiger partial charge in [0, 0.05) is 11.8 Å². The molecular formula is C18H21NO3. The van der Waals surface area contributed by atoms with E-state index in [0.717, 1.165) is 44.0 Å². The molecule has 0 bridgehead atoms. The highest BCUT2D eigenvalue weighted by molar-refractivity contribution is 6.21. The van der Waals surface area contributed by atoms with Crippen LogP contribution < -0.4 is 4.90 Å². The Labute approximate surface area is 130 Å². The van der Waals surface area contributed by atoms with Crippen LogP contribution in [-0.4, -0.2) is 18.1 Å². The summed E-state index contributed by atoms with van der Waals surface area (Å²) in [6, 6.07) is 7.39. The molecule has 2 amide bonds. The quantitative estimate of drug-likeness (QED) is 0.637. The lowest BCUT2D eigenvalue weighted by atomic mass is 9.66. The first-order valence-corrected chi connectivity index (χ1v) is 7.97. The van der Waals surface area contributed by atoms with Crippen molar-refractivity contribution < 1.29 is 14.4 Å². The maximum atomic E-state index is 12.8. The SMILES string of the molecule is Cc1cccc(N2C(=O)C[C@H](C3(C=O)CCCCC3)C2=O)c1. The number of carbonyl (C=O) groups is 3. The number of imide groups is 1. The summed E-state index contributed by atoms with van der Waals surface area (Å²) < 4.78 is 0. The standard InChI is InChI=1S/C18H21NO3/c1-13-6-5-7-14(10-13)19-16(21)11-15(17(19)22)18(12-20)8-3-2-4-9-18/h5-7,10,12,15H,2-4,8-9,11H2,1H3/t15-/m0/s1. The van der Waals surface area contributed by atoms with Gasteiger partial charge in [0.15, 0.2) is 0 Å². The number of nitrogens with zero attached hydrogens (tertiary/aromatic N) is 1. The largest absolute Gasteiger partial charge is 0.303 e. The van der Waals surface area contributed by atoms with Crippen LogP contribution in [0.4, 0.5) is 5.69 Å². The van der Waals surface area contributed by atoms with Crippen LogP contribution in [0.15, 0.2) is 24.3 Å². The van der Waals surface area contributed by atoms with Crippen molar-refractivity contribution in [1.29, 1.82) is 0 Å². The van der Waals surface area contributed by atoms with Crippen molar-refractivity contribution in [1.82, 2.24) is 0 Å². The Morgan fingerprint density at radius 3 is 2.55 bits per heavy atom. The van der Waals surface area contributed by atoms with Gasteiger partial charge in [-0.25, -0.2) is 0 Å². The van der Waals surface area contributed by atoms with Crippen LogP contribution in [0.1, 0.15) is 44.1 Å². The minimum absolute atomic E-state index is 0.158. The van der Waals surface area contributed by atoms with Gasteiger partial charge in [0.1, 0.15) is 6.29 Å². The molecule has 0 aromatic heterocycles. The highest BCUT2D eigenvalue weighted by Gasteiger charge is 2.51. The maximum Gasteiger partial charge on any atom is 0.238 e. The number of amides is 2. The number of aryl methyl sites for hydroxylation is 1. The molecular weight excluding hydrogens is 278 g/mol. The fourth-order valence-electron chi connectivity index (χ4n) is 3.88. The Morgan fingerprint density at radius 1 is 1.18 bits per heavy atom. The average molecular weight is 299 g/mol. The molecule has 1 aliphatic heterocycles. The summed E-state index contributed by atoms with van der Waals surface area (Å²) in [6.45, 7) is 1.93. The molecule has 1 saturated carbocycles. The predicted molar refractivity (Wildman–Crippen MR) is 83.4 cm³/mol. The summed E-state index contributed by atoms with van der Waals surface area (Å²) in [6.07, 6.45) is 5.57. The number of aldehydes is 1. The minimum atomic E-state index is -0.635. The van der Waals surface area contributed by atoms with E-state index >= 15 is 0 Å². The molecule has 2 aliphatic rings. The van der Waals surface area contributed by atoms with Gasteiger partial charge in [-0.2, -0.15) is 0 Å². The van der Waals surface area contributed by atoms with Gasteiger partial charge >= 0.3 is 0 Å². The number of hydrogen-bond acceptors (Lipinski definition) is 3. The number of anilines is 1. The molecule has 1 aromatic carbocycles. The lowest BCUT2D eigenvalue weighted by Crippen LogP contribution is -2.40. The lowest BCUT2D eigenvalue weighted by Gasteiger charge is -2.35. The fourth-order valence-corrected chi connectivity index (χ4v) is 3.88.